The Bertz CT molecular complexity index is 629. The molecule has 2 atom stereocenters. The van der Waals surface area contributed by atoms with Gasteiger partial charge < -0.3 is 0 Å². The van der Waals surface area contributed by atoms with Crippen molar-refractivity contribution in [3.05, 3.63) is 24.0 Å². The molecule has 3 heterocycles. The summed E-state index contributed by atoms with van der Waals surface area (Å²) in [7, 11) is 0. The average molecular weight is 316 g/mol. The molecule has 0 unspecified atom stereocenters. The summed E-state index contributed by atoms with van der Waals surface area (Å²) in [5, 5.41) is 13.3. The summed E-state index contributed by atoms with van der Waals surface area (Å²) in [5.41, 5.74) is 1.07. The van der Waals surface area contributed by atoms with Crippen LogP contribution in [0.2, 0.25) is 0 Å². The number of pyridine rings is 1. The van der Waals surface area contributed by atoms with E-state index in [1.807, 2.05) is 0 Å². The van der Waals surface area contributed by atoms with E-state index in [9.17, 15) is 17.6 Å². The maximum atomic E-state index is 13.4. The standard InChI is InChI=1S/C12H12F4N6/c13-9-2-10(12(14,15)16)22(6-9)5-7-1-8(4-17-3-7)11-18-20-21-19-11/h1,3-4,9-10H,2,5-6H2,(H,18,19,20,21)/t9-,10-/m0/s1. The van der Waals surface area contributed by atoms with Crippen molar-refractivity contribution in [2.24, 2.45) is 0 Å². The molecular weight excluding hydrogens is 304 g/mol. The van der Waals surface area contributed by atoms with Crippen LogP contribution in [-0.2, 0) is 6.54 Å². The number of nitrogens with one attached hydrogen (secondary N) is 1. The Morgan fingerprint density at radius 2 is 2.14 bits per heavy atom. The minimum Gasteiger partial charge on any atom is -0.285 e. The van der Waals surface area contributed by atoms with Crippen molar-refractivity contribution in [1.82, 2.24) is 30.5 Å². The van der Waals surface area contributed by atoms with Gasteiger partial charge in [0.25, 0.3) is 0 Å². The number of likely N-dealkylation sites (tertiary alicyclic amines) is 1. The van der Waals surface area contributed by atoms with Gasteiger partial charge in [0.2, 0.25) is 5.82 Å². The van der Waals surface area contributed by atoms with Crippen LogP contribution in [0.5, 0.6) is 0 Å². The largest absolute Gasteiger partial charge is 0.404 e. The minimum absolute atomic E-state index is 0.0384. The molecule has 0 amide bonds. The van der Waals surface area contributed by atoms with E-state index in [0.29, 0.717) is 17.0 Å². The zero-order valence-corrected chi connectivity index (χ0v) is 11.3. The zero-order valence-electron chi connectivity index (χ0n) is 11.3. The highest BCUT2D eigenvalue weighted by Crippen LogP contribution is 2.34. The van der Waals surface area contributed by atoms with Gasteiger partial charge in [-0.15, -0.1) is 10.2 Å². The van der Waals surface area contributed by atoms with E-state index >= 15 is 0 Å². The molecule has 1 aliphatic heterocycles. The summed E-state index contributed by atoms with van der Waals surface area (Å²) in [5.74, 6) is 0.298. The number of alkyl halides is 4. The van der Waals surface area contributed by atoms with Crippen molar-refractivity contribution in [2.45, 2.75) is 31.4 Å². The smallest absolute Gasteiger partial charge is 0.285 e. The normalized spacial score (nSPS) is 23.1. The second-order valence-electron chi connectivity index (χ2n) is 5.14. The van der Waals surface area contributed by atoms with Crippen molar-refractivity contribution in [2.75, 3.05) is 6.54 Å². The molecule has 1 saturated heterocycles. The van der Waals surface area contributed by atoms with Gasteiger partial charge in [0.05, 0.1) is 0 Å². The highest BCUT2D eigenvalue weighted by atomic mass is 19.4. The fourth-order valence-corrected chi connectivity index (χ4v) is 2.58. The van der Waals surface area contributed by atoms with Gasteiger partial charge in [-0.05, 0) is 16.8 Å². The van der Waals surface area contributed by atoms with Crippen LogP contribution in [0.3, 0.4) is 0 Å². The van der Waals surface area contributed by atoms with Crippen LogP contribution in [0.25, 0.3) is 11.4 Å². The van der Waals surface area contributed by atoms with Gasteiger partial charge in [-0.25, -0.2) is 4.39 Å². The van der Waals surface area contributed by atoms with Gasteiger partial charge >= 0.3 is 6.18 Å². The highest BCUT2D eigenvalue weighted by Gasteiger charge is 2.49. The Labute approximate surface area is 122 Å². The third-order valence-electron chi connectivity index (χ3n) is 3.51. The number of halogens is 4. The second-order valence-corrected chi connectivity index (χ2v) is 5.14. The van der Waals surface area contributed by atoms with E-state index in [2.05, 4.69) is 25.6 Å². The first kappa shape index (κ1) is 14.8. The summed E-state index contributed by atoms with van der Waals surface area (Å²) >= 11 is 0. The molecule has 1 aliphatic rings. The number of tetrazole rings is 1. The Morgan fingerprint density at radius 1 is 1.32 bits per heavy atom. The number of rotatable bonds is 3. The molecule has 6 nitrogen and oxygen atoms in total. The molecule has 3 rings (SSSR count). The Kier molecular flexibility index (Phi) is 3.77. The number of aromatic amines is 1. The monoisotopic (exact) mass is 316 g/mol. The fraction of sp³-hybridized carbons (Fsp3) is 0.500. The van der Waals surface area contributed by atoms with E-state index in [0.717, 1.165) is 4.90 Å². The molecule has 10 heteroatoms. The number of hydrogen-bond donors (Lipinski definition) is 1. The van der Waals surface area contributed by atoms with Crippen molar-refractivity contribution in [1.29, 1.82) is 0 Å². The van der Waals surface area contributed by atoms with Crippen LogP contribution in [-0.4, -0.2) is 55.4 Å². The van der Waals surface area contributed by atoms with Crippen LogP contribution in [0.1, 0.15) is 12.0 Å². The molecule has 2 aromatic heterocycles. The molecule has 118 valence electrons. The quantitative estimate of drug-likeness (QED) is 0.873. The van der Waals surface area contributed by atoms with E-state index in [1.54, 1.807) is 6.07 Å². The average Bonchev–Trinajstić information content (AvgIpc) is 3.08. The van der Waals surface area contributed by atoms with E-state index < -0.39 is 24.8 Å². The lowest BCUT2D eigenvalue weighted by Gasteiger charge is -2.25. The lowest BCUT2D eigenvalue weighted by atomic mass is 10.1. The van der Waals surface area contributed by atoms with Crippen LogP contribution in [0, 0.1) is 0 Å². The molecule has 0 bridgehead atoms. The third kappa shape index (κ3) is 3.06. The molecule has 22 heavy (non-hydrogen) atoms. The maximum absolute atomic E-state index is 13.4. The SMILES string of the molecule is F[C@H]1C[C@@H](C(F)(F)F)N(Cc2cncc(-c3nn[nH]n3)c2)C1. The van der Waals surface area contributed by atoms with Crippen molar-refractivity contribution in [3.63, 3.8) is 0 Å². The van der Waals surface area contributed by atoms with Crippen molar-refractivity contribution >= 4 is 0 Å². The first-order chi connectivity index (χ1) is 10.4. The van der Waals surface area contributed by atoms with Gasteiger partial charge in [-0.3, -0.25) is 9.88 Å². The van der Waals surface area contributed by atoms with Gasteiger partial charge in [-0.2, -0.15) is 18.4 Å². The van der Waals surface area contributed by atoms with Crippen molar-refractivity contribution < 1.29 is 17.6 Å². The lowest BCUT2D eigenvalue weighted by molar-refractivity contribution is -0.177. The number of H-pyrrole nitrogens is 1. The lowest BCUT2D eigenvalue weighted by Crippen LogP contribution is -2.40. The summed E-state index contributed by atoms with van der Waals surface area (Å²) in [6.45, 7) is -0.278. The summed E-state index contributed by atoms with van der Waals surface area (Å²) in [4.78, 5) is 5.05. The first-order valence-corrected chi connectivity index (χ1v) is 6.56. The number of nitrogens with zero attached hydrogens (tertiary/aromatic N) is 5. The third-order valence-corrected chi connectivity index (χ3v) is 3.51. The molecule has 2 aromatic rings. The molecule has 0 aromatic carbocycles. The second kappa shape index (κ2) is 5.59. The fourth-order valence-electron chi connectivity index (χ4n) is 2.58. The van der Waals surface area contributed by atoms with Crippen molar-refractivity contribution in [3.8, 4) is 11.4 Å². The van der Waals surface area contributed by atoms with E-state index in [1.165, 1.54) is 12.4 Å². The van der Waals surface area contributed by atoms with Crippen LogP contribution in [0.4, 0.5) is 17.6 Å². The molecule has 0 saturated carbocycles. The molecule has 0 aliphatic carbocycles. The predicted octanol–water partition coefficient (Wildman–Crippen LogP) is 1.74. The Hall–Kier alpha value is -2.10. The first-order valence-electron chi connectivity index (χ1n) is 6.56. The van der Waals surface area contributed by atoms with Gasteiger partial charge in [-0.1, -0.05) is 0 Å². The highest BCUT2D eigenvalue weighted by molar-refractivity contribution is 5.52. The van der Waals surface area contributed by atoms with Crippen LogP contribution >= 0.6 is 0 Å². The summed E-state index contributed by atoms with van der Waals surface area (Å²) in [6.07, 6.45) is -3.51. The van der Waals surface area contributed by atoms with Gasteiger partial charge in [0.1, 0.15) is 12.2 Å². The number of aromatic nitrogens is 5. The van der Waals surface area contributed by atoms with E-state index in [-0.39, 0.29) is 13.1 Å². The number of hydrogen-bond acceptors (Lipinski definition) is 5. The molecule has 0 spiro atoms. The zero-order chi connectivity index (χ0) is 15.7. The van der Waals surface area contributed by atoms with Gasteiger partial charge in [0.15, 0.2) is 0 Å². The molecule has 1 N–H and O–H groups in total. The van der Waals surface area contributed by atoms with Gasteiger partial charge in [0, 0.05) is 37.5 Å². The summed E-state index contributed by atoms with van der Waals surface area (Å²) < 4.78 is 52.2. The molecular formula is C12H12F4N6. The minimum atomic E-state index is -4.44. The van der Waals surface area contributed by atoms with E-state index in [4.69, 9.17) is 0 Å². The summed E-state index contributed by atoms with van der Waals surface area (Å²) in [6, 6.07) is -0.145. The Morgan fingerprint density at radius 3 is 2.82 bits per heavy atom. The van der Waals surface area contributed by atoms with Crippen LogP contribution < -0.4 is 0 Å². The molecule has 0 radical (unpaired) electrons. The predicted molar refractivity (Wildman–Crippen MR) is 67.2 cm³/mol. The maximum Gasteiger partial charge on any atom is 0.404 e. The van der Waals surface area contributed by atoms with Crippen LogP contribution in [0.15, 0.2) is 18.5 Å². The Balaban J connectivity index is 1.79. The topological polar surface area (TPSA) is 70.6 Å². The molecule has 1 fully saturated rings.